The van der Waals surface area contributed by atoms with E-state index < -0.39 is 0 Å². The van der Waals surface area contributed by atoms with E-state index >= 15 is 0 Å². The summed E-state index contributed by atoms with van der Waals surface area (Å²) in [6.45, 7) is 4.66. The molecule has 27 heavy (non-hydrogen) atoms. The van der Waals surface area contributed by atoms with Crippen LogP contribution in [0.1, 0.15) is 66.9 Å². The summed E-state index contributed by atoms with van der Waals surface area (Å²) in [5.74, 6) is 2.11. The Labute approximate surface area is 163 Å². The van der Waals surface area contributed by atoms with Gasteiger partial charge in [-0.25, -0.2) is 0 Å². The first kappa shape index (κ1) is 17.9. The van der Waals surface area contributed by atoms with Crippen molar-refractivity contribution in [3.63, 3.8) is 0 Å². The summed E-state index contributed by atoms with van der Waals surface area (Å²) in [6, 6.07) is 28.1. The molecule has 138 valence electrons. The van der Waals surface area contributed by atoms with E-state index in [-0.39, 0.29) is 6.10 Å². The molecule has 0 aromatic heterocycles. The Morgan fingerprint density at radius 2 is 1.59 bits per heavy atom. The van der Waals surface area contributed by atoms with Gasteiger partial charge in [0.1, 0.15) is 11.9 Å². The monoisotopic (exact) mass is 356 g/mol. The Bertz CT molecular complexity index is 869. The molecule has 0 saturated heterocycles. The minimum absolute atomic E-state index is 0.200. The number of rotatable bonds is 7. The highest BCUT2D eigenvalue weighted by atomic mass is 16.5. The average molecular weight is 357 g/mol. The van der Waals surface area contributed by atoms with Crippen molar-refractivity contribution in [2.45, 2.75) is 51.0 Å². The first-order chi connectivity index (χ1) is 13.2. The standard InChI is InChI=1S/C26H28O/c1-3-20(21-10-6-4-7-11-21)16-19(2)22-14-15-23-18-26(25(23)17-22)27-24-12-8-5-9-13-24/h4-15,17,19-20,26H,3,16,18H2,1-2H3. The van der Waals surface area contributed by atoms with E-state index in [4.69, 9.17) is 4.74 Å². The van der Waals surface area contributed by atoms with Crippen molar-refractivity contribution in [1.82, 2.24) is 0 Å². The molecule has 1 aliphatic carbocycles. The highest BCUT2D eigenvalue weighted by molar-refractivity contribution is 5.43. The van der Waals surface area contributed by atoms with Crippen LogP contribution in [-0.2, 0) is 6.42 Å². The zero-order valence-corrected chi connectivity index (χ0v) is 16.3. The normalized spacial score (nSPS) is 17.5. The molecule has 0 fully saturated rings. The lowest BCUT2D eigenvalue weighted by Gasteiger charge is -2.32. The zero-order chi connectivity index (χ0) is 18.6. The van der Waals surface area contributed by atoms with Gasteiger partial charge in [-0.3, -0.25) is 0 Å². The van der Waals surface area contributed by atoms with Gasteiger partial charge in [-0.05, 0) is 59.1 Å². The summed E-state index contributed by atoms with van der Waals surface area (Å²) >= 11 is 0. The van der Waals surface area contributed by atoms with Gasteiger partial charge >= 0.3 is 0 Å². The van der Waals surface area contributed by atoms with E-state index in [1.54, 1.807) is 0 Å². The van der Waals surface area contributed by atoms with Crippen molar-refractivity contribution in [2.75, 3.05) is 0 Å². The Hall–Kier alpha value is -2.54. The molecule has 3 unspecified atom stereocenters. The maximum absolute atomic E-state index is 6.18. The highest BCUT2D eigenvalue weighted by Crippen LogP contribution is 2.40. The number of fused-ring (bicyclic) bond motifs is 1. The topological polar surface area (TPSA) is 9.23 Å². The molecular formula is C26H28O. The lowest BCUT2D eigenvalue weighted by Crippen LogP contribution is -2.23. The number of hydrogen-bond donors (Lipinski definition) is 0. The van der Waals surface area contributed by atoms with Crippen LogP contribution in [-0.4, -0.2) is 0 Å². The van der Waals surface area contributed by atoms with Crippen LogP contribution in [0, 0.1) is 0 Å². The summed E-state index contributed by atoms with van der Waals surface area (Å²) in [5, 5.41) is 0. The molecule has 0 N–H and O–H groups in total. The third kappa shape index (κ3) is 3.93. The molecule has 3 atom stereocenters. The molecule has 0 bridgehead atoms. The van der Waals surface area contributed by atoms with Crippen molar-refractivity contribution in [3.8, 4) is 5.75 Å². The molecule has 0 amide bonds. The first-order valence-corrected chi connectivity index (χ1v) is 10.1. The van der Waals surface area contributed by atoms with Gasteiger partial charge in [0, 0.05) is 6.42 Å². The lowest BCUT2D eigenvalue weighted by atomic mass is 9.79. The van der Waals surface area contributed by atoms with Crippen molar-refractivity contribution < 1.29 is 4.74 Å². The van der Waals surface area contributed by atoms with Gasteiger partial charge in [-0.1, -0.05) is 80.6 Å². The number of hydrogen-bond acceptors (Lipinski definition) is 1. The zero-order valence-electron chi connectivity index (χ0n) is 16.3. The minimum Gasteiger partial charge on any atom is -0.485 e. The molecule has 0 radical (unpaired) electrons. The summed E-state index contributed by atoms with van der Waals surface area (Å²) in [5.41, 5.74) is 5.70. The molecular weight excluding hydrogens is 328 g/mol. The van der Waals surface area contributed by atoms with Crippen molar-refractivity contribution in [1.29, 1.82) is 0 Å². The fourth-order valence-corrected chi connectivity index (χ4v) is 4.18. The van der Waals surface area contributed by atoms with Crippen LogP contribution in [0.25, 0.3) is 0 Å². The third-order valence-corrected chi connectivity index (χ3v) is 5.91. The van der Waals surface area contributed by atoms with Crippen LogP contribution in [0.2, 0.25) is 0 Å². The van der Waals surface area contributed by atoms with Crippen LogP contribution in [0.5, 0.6) is 5.75 Å². The van der Waals surface area contributed by atoms with Gasteiger partial charge in [0.15, 0.2) is 0 Å². The largest absolute Gasteiger partial charge is 0.485 e. The van der Waals surface area contributed by atoms with E-state index in [0.29, 0.717) is 11.8 Å². The molecule has 4 rings (SSSR count). The van der Waals surface area contributed by atoms with E-state index in [2.05, 4.69) is 62.4 Å². The van der Waals surface area contributed by atoms with E-state index in [1.807, 2.05) is 30.3 Å². The summed E-state index contributed by atoms with van der Waals surface area (Å²) < 4.78 is 6.18. The molecule has 0 saturated carbocycles. The maximum atomic E-state index is 6.18. The van der Waals surface area contributed by atoms with Gasteiger partial charge < -0.3 is 4.74 Å². The maximum Gasteiger partial charge on any atom is 0.128 e. The molecule has 1 nitrogen and oxygen atoms in total. The smallest absolute Gasteiger partial charge is 0.128 e. The Morgan fingerprint density at radius 3 is 2.30 bits per heavy atom. The van der Waals surface area contributed by atoms with Crippen molar-refractivity contribution in [2.24, 2.45) is 0 Å². The Morgan fingerprint density at radius 1 is 0.889 bits per heavy atom. The Kier molecular flexibility index (Phi) is 5.29. The summed E-state index contributed by atoms with van der Waals surface area (Å²) in [7, 11) is 0. The highest BCUT2D eigenvalue weighted by Gasteiger charge is 2.29. The lowest BCUT2D eigenvalue weighted by molar-refractivity contribution is 0.181. The molecule has 1 aliphatic rings. The van der Waals surface area contributed by atoms with Crippen LogP contribution < -0.4 is 4.74 Å². The SMILES string of the molecule is CCC(CC(C)c1ccc2c(c1)C(Oc1ccccc1)C2)c1ccccc1. The van der Waals surface area contributed by atoms with E-state index in [0.717, 1.165) is 12.2 Å². The van der Waals surface area contributed by atoms with Crippen LogP contribution in [0.15, 0.2) is 78.9 Å². The second kappa shape index (κ2) is 8.00. The quantitative estimate of drug-likeness (QED) is 0.441. The predicted molar refractivity (Wildman–Crippen MR) is 112 cm³/mol. The molecule has 0 heterocycles. The molecule has 3 aromatic rings. The Balaban J connectivity index is 1.47. The van der Waals surface area contributed by atoms with E-state index in [9.17, 15) is 0 Å². The fraction of sp³-hybridized carbons (Fsp3) is 0.308. The van der Waals surface area contributed by atoms with Crippen molar-refractivity contribution >= 4 is 0 Å². The third-order valence-electron chi connectivity index (χ3n) is 5.91. The van der Waals surface area contributed by atoms with Crippen molar-refractivity contribution in [3.05, 3.63) is 101 Å². The number of ether oxygens (including phenoxy) is 1. The average Bonchev–Trinajstić information content (AvgIpc) is 2.71. The van der Waals surface area contributed by atoms with Crippen LogP contribution >= 0.6 is 0 Å². The van der Waals surface area contributed by atoms with E-state index in [1.165, 1.54) is 35.1 Å². The first-order valence-electron chi connectivity index (χ1n) is 10.1. The number of benzene rings is 3. The molecule has 0 spiro atoms. The molecule has 1 heteroatoms. The van der Waals surface area contributed by atoms with Gasteiger partial charge in [0.05, 0.1) is 0 Å². The second-order valence-corrected chi connectivity index (χ2v) is 7.73. The summed E-state index contributed by atoms with van der Waals surface area (Å²) in [6.07, 6.45) is 3.58. The minimum atomic E-state index is 0.200. The van der Waals surface area contributed by atoms with Gasteiger partial charge in [0.2, 0.25) is 0 Å². The van der Waals surface area contributed by atoms with Gasteiger partial charge in [0.25, 0.3) is 0 Å². The van der Waals surface area contributed by atoms with Gasteiger partial charge in [-0.2, -0.15) is 0 Å². The molecule has 0 aliphatic heterocycles. The summed E-state index contributed by atoms with van der Waals surface area (Å²) in [4.78, 5) is 0. The van der Waals surface area contributed by atoms with Gasteiger partial charge in [-0.15, -0.1) is 0 Å². The second-order valence-electron chi connectivity index (χ2n) is 7.73. The number of para-hydroxylation sites is 1. The fourth-order valence-electron chi connectivity index (χ4n) is 4.18. The molecule has 3 aromatic carbocycles. The van der Waals surface area contributed by atoms with Crippen LogP contribution in [0.4, 0.5) is 0 Å². The predicted octanol–water partition coefficient (Wildman–Crippen LogP) is 7.05. The van der Waals surface area contributed by atoms with Crippen LogP contribution in [0.3, 0.4) is 0 Å².